The van der Waals surface area contributed by atoms with Crippen LogP contribution in [0.5, 0.6) is 5.75 Å². The van der Waals surface area contributed by atoms with E-state index >= 15 is 0 Å². The molecule has 3 rings (SSSR count). The highest BCUT2D eigenvalue weighted by atomic mass is 32.1. The van der Waals surface area contributed by atoms with E-state index in [0.29, 0.717) is 22.9 Å². The largest absolute Gasteiger partial charge is 0.482 e. The number of ether oxygens (including phenoxy) is 1. The van der Waals surface area contributed by atoms with Crippen LogP contribution in [0.1, 0.15) is 5.82 Å². The van der Waals surface area contributed by atoms with Crippen molar-refractivity contribution in [1.29, 1.82) is 0 Å². The molecule has 0 radical (unpaired) electrons. The Hall–Kier alpha value is -2.15. The molecule has 6 nitrogen and oxygen atoms in total. The van der Waals surface area contributed by atoms with E-state index in [-0.39, 0.29) is 12.5 Å². The second-order valence-corrected chi connectivity index (χ2v) is 4.63. The van der Waals surface area contributed by atoms with E-state index in [9.17, 15) is 4.79 Å². The van der Waals surface area contributed by atoms with Crippen LogP contribution in [0.15, 0.2) is 24.3 Å². The maximum atomic E-state index is 12.0. The van der Waals surface area contributed by atoms with Crippen LogP contribution < -0.4 is 9.64 Å². The van der Waals surface area contributed by atoms with Gasteiger partial charge in [-0.1, -0.05) is 12.1 Å². The second-order valence-electron chi connectivity index (χ2n) is 4.24. The van der Waals surface area contributed by atoms with Crippen LogP contribution >= 0.6 is 12.2 Å². The molecule has 1 N–H and O–H groups in total. The summed E-state index contributed by atoms with van der Waals surface area (Å²) in [5.74, 6) is 1.32. The maximum absolute atomic E-state index is 12.0. The Morgan fingerprint density at radius 2 is 2.26 bits per heavy atom. The summed E-state index contributed by atoms with van der Waals surface area (Å²) in [6.45, 7) is 0.411. The fourth-order valence-corrected chi connectivity index (χ4v) is 2.14. The number of nitrogens with one attached hydrogen (secondary N) is 1. The monoisotopic (exact) mass is 276 g/mol. The molecule has 0 bridgehead atoms. The van der Waals surface area contributed by atoms with Gasteiger partial charge in [-0.25, -0.2) is 0 Å². The number of carbonyl (C=O) groups is 1. The second kappa shape index (κ2) is 4.51. The number of H-pyrrole nitrogens is 1. The summed E-state index contributed by atoms with van der Waals surface area (Å²) in [6, 6.07) is 7.45. The molecule has 19 heavy (non-hydrogen) atoms. The summed E-state index contributed by atoms with van der Waals surface area (Å²) in [6.07, 6.45) is 0. The third-order valence-corrected chi connectivity index (χ3v) is 3.45. The van der Waals surface area contributed by atoms with Crippen LogP contribution in [0.2, 0.25) is 0 Å². The van der Waals surface area contributed by atoms with E-state index in [1.54, 1.807) is 9.47 Å². The van der Waals surface area contributed by atoms with Gasteiger partial charge in [0.15, 0.2) is 17.2 Å². The molecule has 98 valence electrons. The molecule has 2 aromatic rings. The van der Waals surface area contributed by atoms with E-state index in [4.69, 9.17) is 17.0 Å². The van der Waals surface area contributed by atoms with Gasteiger partial charge in [-0.15, -0.1) is 0 Å². The third kappa shape index (κ3) is 2.01. The highest BCUT2D eigenvalue weighted by molar-refractivity contribution is 7.71. The average molecular weight is 276 g/mol. The molecule has 1 aromatic carbocycles. The molecule has 1 aliphatic rings. The van der Waals surface area contributed by atoms with Crippen molar-refractivity contribution in [1.82, 2.24) is 14.8 Å². The molecular weight excluding hydrogens is 264 g/mol. The lowest BCUT2D eigenvalue weighted by atomic mass is 10.2. The number of para-hydroxylation sites is 2. The number of nitrogens with zero attached hydrogens (tertiary/aromatic N) is 3. The standard InChI is InChI=1S/C12H12N4O2S/c1-15-10(13-14-12(15)19)6-16-8-4-2-3-5-9(8)18-7-11(16)17/h2-5H,6-7H2,1H3,(H,14,19). The number of rotatable bonds is 2. The van der Waals surface area contributed by atoms with Gasteiger partial charge >= 0.3 is 0 Å². The lowest BCUT2D eigenvalue weighted by Crippen LogP contribution is -2.38. The van der Waals surface area contributed by atoms with Gasteiger partial charge in [-0.05, 0) is 24.4 Å². The molecule has 1 aromatic heterocycles. The number of benzene rings is 1. The van der Waals surface area contributed by atoms with Gasteiger partial charge in [0.1, 0.15) is 5.75 Å². The molecule has 0 aliphatic carbocycles. The molecule has 1 amide bonds. The van der Waals surface area contributed by atoms with Crippen molar-refractivity contribution >= 4 is 23.8 Å². The molecule has 0 spiro atoms. The first-order valence-electron chi connectivity index (χ1n) is 5.79. The van der Waals surface area contributed by atoms with Gasteiger partial charge in [0.05, 0.1) is 12.2 Å². The Kier molecular flexibility index (Phi) is 2.83. The molecular formula is C12H12N4O2S. The van der Waals surface area contributed by atoms with Gasteiger partial charge < -0.3 is 9.30 Å². The van der Waals surface area contributed by atoms with Crippen molar-refractivity contribution < 1.29 is 9.53 Å². The number of hydrogen-bond donors (Lipinski definition) is 1. The molecule has 0 unspecified atom stereocenters. The Morgan fingerprint density at radius 3 is 3.00 bits per heavy atom. The highest BCUT2D eigenvalue weighted by Gasteiger charge is 2.26. The number of aromatic amines is 1. The Morgan fingerprint density at radius 1 is 1.47 bits per heavy atom. The van der Waals surface area contributed by atoms with E-state index in [2.05, 4.69) is 10.2 Å². The quantitative estimate of drug-likeness (QED) is 0.842. The summed E-state index contributed by atoms with van der Waals surface area (Å²) in [5, 5.41) is 6.84. The topological polar surface area (TPSA) is 63.1 Å². The maximum Gasteiger partial charge on any atom is 0.265 e. The molecule has 0 fully saturated rings. The highest BCUT2D eigenvalue weighted by Crippen LogP contribution is 2.32. The van der Waals surface area contributed by atoms with E-state index in [0.717, 1.165) is 5.69 Å². The lowest BCUT2D eigenvalue weighted by Gasteiger charge is -2.28. The molecule has 0 saturated carbocycles. The van der Waals surface area contributed by atoms with Crippen LogP contribution in [0, 0.1) is 4.77 Å². The number of amides is 1. The molecule has 0 atom stereocenters. The molecule has 2 heterocycles. The normalized spacial score (nSPS) is 14.2. The summed E-state index contributed by atoms with van der Waals surface area (Å²) >= 11 is 5.07. The molecule has 1 aliphatic heterocycles. The van der Waals surface area contributed by atoms with Crippen molar-refractivity contribution in [2.24, 2.45) is 7.05 Å². The van der Waals surface area contributed by atoms with Crippen molar-refractivity contribution in [3.63, 3.8) is 0 Å². The Bertz CT molecular complexity index is 691. The van der Waals surface area contributed by atoms with Gasteiger partial charge in [-0.3, -0.25) is 14.8 Å². The van der Waals surface area contributed by atoms with Gasteiger partial charge in [0.2, 0.25) is 0 Å². The summed E-state index contributed by atoms with van der Waals surface area (Å²) in [4.78, 5) is 13.7. The molecule has 0 saturated heterocycles. The predicted octanol–water partition coefficient (Wildman–Crippen LogP) is 1.40. The Labute approximate surface area is 114 Å². The lowest BCUT2D eigenvalue weighted by molar-refractivity contribution is -0.121. The number of carbonyl (C=O) groups excluding carboxylic acids is 1. The van der Waals surface area contributed by atoms with Crippen LogP contribution in [0.4, 0.5) is 5.69 Å². The van der Waals surface area contributed by atoms with Crippen molar-refractivity contribution in [2.45, 2.75) is 6.54 Å². The zero-order valence-corrected chi connectivity index (χ0v) is 11.1. The first-order valence-corrected chi connectivity index (χ1v) is 6.20. The smallest absolute Gasteiger partial charge is 0.265 e. The number of anilines is 1. The third-order valence-electron chi connectivity index (χ3n) is 3.08. The zero-order chi connectivity index (χ0) is 13.4. The predicted molar refractivity (Wildman–Crippen MR) is 71.5 cm³/mol. The van der Waals surface area contributed by atoms with Crippen molar-refractivity contribution in [2.75, 3.05) is 11.5 Å². The van der Waals surface area contributed by atoms with Gasteiger partial charge in [0, 0.05) is 7.05 Å². The van der Waals surface area contributed by atoms with Crippen LogP contribution in [-0.2, 0) is 18.4 Å². The van der Waals surface area contributed by atoms with Crippen molar-refractivity contribution in [3.05, 3.63) is 34.9 Å². The number of aromatic nitrogens is 3. The Balaban J connectivity index is 1.98. The van der Waals surface area contributed by atoms with E-state index < -0.39 is 0 Å². The van der Waals surface area contributed by atoms with Crippen molar-refractivity contribution in [3.8, 4) is 5.75 Å². The van der Waals surface area contributed by atoms with Crippen LogP contribution in [0.3, 0.4) is 0 Å². The first kappa shape index (κ1) is 11.9. The fourth-order valence-electron chi connectivity index (χ4n) is 1.99. The number of fused-ring (bicyclic) bond motifs is 1. The molecule has 7 heteroatoms. The van der Waals surface area contributed by atoms with Gasteiger partial charge in [-0.2, -0.15) is 5.10 Å². The average Bonchev–Trinajstić information content (AvgIpc) is 2.74. The minimum absolute atomic E-state index is 0.0475. The van der Waals surface area contributed by atoms with E-state index in [1.165, 1.54) is 0 Å². The summed E-state index contributed by atoms with van der Waals surface area (Å²) in [7, 11) is 1.82. The fraction of sp³-hybridized carbons (Fsp3) is 0.250. The van der Waals surface area contributed by atoms with E-state index in [1.807, 2.05) is 31.3 Å². The summed E-state index contributed by atoms with van der Waals surface area (Å²) in [5.41, 5.74) is 0.757. The zero-order valence-electron chi connectivity index (χ0n) is 10.3. The minimum Gasteiger partial charge on any atom is -0.482 e. The van der Waals surface area contributed by atoms with Crippen LogP contribution in [-0.4, -0.2) is 27.3 Å². The van der Waals surface area contributed by atoms with Gasteiger partial charge in [0.25, 0.3) is 5.91 Å². The summed E-state index contributed by atoms with van der Waals surface area (Å²) < 4.78 is 7.67. The number of hydrogen-bond acceptors (Lipinski definition) is 4. The first-order chi connectivity index (χ1) is 9.16. The SMILES string of the molecule is Cn1c(CN2C(=O)COc3ccccc32)n[nH]c1=S. The minimum atomic E-state index is -0.0902. The van der Waals surface area contributed by atoms with Crippen LogP contribution in [0.25, 0.3) is 0 Å².